The van der Waals surface area contributed by atoms with E-state index in [-0.39, 0.29) is 24.0 Å². The molecule has 1 unspecified atom stereocenters. The van der Waals surface area contributed by atoms with Gasteiger partial charge in [0.25, 0.3) is 0 Å². The summed E-state index contributed by atoms with van der Waals surface area (Å²) >= 11 is 0. The number of halogens is 1. The molecule has 30 heavy (non-hydrogen) atoms. The van der Waals surface area contributed by atoms with Gasteiger partial charge in [-0.3, -0.25) is 4.99 Å². The van der Waals surface area contributed by atoms with E-state index in [2.05, 4.69) is 39.5 Å². The number of benzene rings is 1. The first-order chi connectivity index (χ1) is 14.3. The Morgan fingerprint density at radius 2 is 1.93 bits per heavy atom. The molecular formula is C23H38IN3O3. The number of likely N-dealkylation sites (tertiary alicyclic amines) is 1. The van der Waals surface area contributed by atoms with Gasteiger partial charge in [0, 0.05) is 39.9 Å². The molecule has 0 aromatic heterocycles. The van der Waals surface area contributed by atoms with Crippen molar-refractivity contribution < 1.29 is 14.2 Å². The van der Waals surface area contributed by atoms with Crippen LogP contribution in [0.1, 0.15) is 50.2 Å². The maximum absolute atomic E-state index is 6.14. The lowest BCUT2D eigenvalue weighted by Crippen LogP contribution is -2.47. The predicted molar refractivity (Wildman–Crippen MR) is 132 cm³/mol. The van der Waals surface area contributed by atoms with Gasteiger partial charge in [-0.05, 0) is 50.2 Å². The molecule has 1 aromatic carbocycles. The van der Waals surface area contributed by atoms with E-state index in [1.807, 2.05) is 14.0 Å². The van der Waals surface area contributed by atoms with Crippen LogP contribution in [0.2, 0.25) is 0 Å². The third kappa shape index (κ3) is 7.98. The van der Waals surface area contributed by atoms with Crippen molar-refractivity contribution in [1.82, 2.24) is 10.2 Å². The van der Waals surface area contributed by atoms with Crippen molar-refractivity contribution in [2.45, 2.75) is 64.4 Å². The van der Waals surface area contributed by atoms with E-state index < -0.39 is 0 Å². The van der Waals surface area contributed by atoms with Crippen molar-refractivity contribution in [3.8, 4) is 0 Å². The Balaban J connectivity index is 0.00000320. The Kier molecular flexibility index (Phi) is 12.0. The van der Waals surface area contributed by atoms with Gasteiger partial charge in [0.05, 0.1) is 25.4 Å². The van der Waals surface area contributed by atoms with Crippen LogP contribution in [0.5, 0.6) is 0 Å². The van der Waals surface area contributed by atoms with Gasteiger partial charge in [-0.1, -0.05) is 24.3 Å². The second-order valence-corrected chi connectivity index (χ2v) is 7.81. The van der Waals surface area contributed by atoms with Crippen LogP contribution in [-0.4, -0.2) is 63.0 Å². The van der Waals surface area contributed by atoms with Crippen molar-refractivity contribution in [2.24, 2.45) is 4.99 Å². The molecular weight excluding hydrogens is 493 g/mol. The quantitative estimate of drug-likeness (QED) is 0.313. The number of piperidine rings is 1. The molecule has 6 nitrogen and oxygen atoms in total. The summed E-state index contributed by atoms with van der Waals surface area (Å²) < 4.78 is 17.5. The lowest BCUT2D eigenvalue weighted by atomic mass is 10.1. The van der Waals surface area contributed by atoms with Gasteiger partial charge in [0.15, 0.2) is 5.96 Å². The van der Waals surface area contributed by atoms with Gasteiger partial charge < -0.3 is 24.4 Å². The molecule has 2 aliphatic rings. The molecule has 2 heterocycles. The van der Waals surface area contributed by atoms with E-state index in [1.54, 1.807) is 0 Å². The molecule has 1 aromatic rings. The van der Waals surface area contributed by atoms with Crippen molar-refractivity contribution >= 4 is 29.9 Å². The molecule has 0 radical (unpaired) electrons. The summed E-state index contributed by atoms with van der Waals surface area (Å²) in [6, 6.07) is 8.43. The van der Waals surface area contributed by atoms with Crippen molar-refractivity contribution in [2.75, 3.05) is 40.0 Å². The average molecular weight is 531 g/mol. The number of hydrogen-bond donors (Lipinski definition) is 1. The van der Waals surface area contributed by atoms with Gasteiger partial charge in [0.1, 0.15) is 0 Å². The topological polar surface area (TPSA) is 55.3 Å². The summed E-state index contributed by atoms with van der Waals surface area (Å²) in [5.41, 5.74) is 2.49. The summed E-state index contributed by atoms with van der Waals surface area (Å²) in [5.74, 6) is 0.963. The van der Waals surface area contributed by atoms with Crippen LogP contribution in [0.4, 0.5) is 0 Å². The first kappa shape index (κ1) is 25.4. The zero-order valence-electron chi connectivity index (χ0n) is 18.5. The Hall–Kier alpha value is -0.900. The van der Waals surface area contributed by atoms with Gasteiger partial charge in [-0.25, -0.2) is 0 Å². The first-order valence-corrected chi connectivity index (χ1v) is 11.1. The molecule has 3 rings (SSSR count). The third-order valence-corrected chi connectivity index (χ3v) is 5.76. The Morgan fingerprint density at radius 1 is 1.17 bits per heavy atom. The highest BCUT2D eigenvalue weighted by atomic mass is 127. The van der Waals surface area contributed by atoms with Crippen molar-refractivity contribution in [3.63, 3.8) is 0 Å². The molecule has 0 spiro atoms. The lowest BCUT2D eigenvalue weighted by Gasteiger charge is -2.35. The Labute approximate surface area is 198 Å². The number of rotatable bonds is 8. The molecule has 170 valence electrons. The Morgan fingerprint density at radius 3 is 2.60 bits per heavy atom. The minimum Gasteiger partial charge on any atom is -0.377 e. The van der Waals surface area contributed by atoms with E-state index in [1.165, 1.54) is 24.0 Å². The standard InChI is InChI=1S/C23H37N3O3.HI/c1-3-27-17-20-9-5-4-8-19(20)16-25-23(24-2)26-13-11-21(12-14-26)29-18-22-10-6-7-15-28-22;/h4-5,8-9,21-22H,3,6-7,10-18H2,1-2H3,(H,24,25);1H. The summed E-state index contributed by atoms with van der Waals surface area (Å²) in [6.07, 6.45) is 6.30. The van der Waals surface area contributed by atoms with E-state index in [0.29, 0.717) is 18.8 Å². The highest BCUT2D eigenvalue weighted by Crippen LogP contribution is 2.18. The highest BCUT2D eigenvalue weighted by molar-refractivity contribution is 14.0. The molecule has 0 saturated carbocycles. The molecule has 2 saturated heterocycles. The SMILES string of the molecule is CCOCc1ccccc1CNC(=NC)N1CCC(OCC2CCCCO2)CC1.I. The van der Waals surface area contributed by atoms with Crippen LogP contribution in [-0.2, 0) is 27.4 Å². The molecule has 2 fully saturated rings. The molecule has 0 bridgehead atoms. The smallest absolute Gasteiger partial charge is 0.193 e. The molecule has 1 N–H and O–H groups in total. The zero-order valence-corrected chi connectivity index (χ0v) is 20.8. The summed E-state index contributed by atoms with van der Waals surface area (Å²) in [4.78, 5) is 6.84. The third-order valence-electron chi connectivity index (χ3n) is 5.76. The molecule has 7 heteroatoms. The molecule has 1 atom stereocenters. The van der Waals surface area contributed by atoms with Crippen molar-refractivity contribution in [3.05, 3.63) is 35.4 Å². The molecule has 0 amide bonds. The van der Waals surface area contributed by atoms with Crippen LogP contribution in [0, 0.1) is 0 Å². The van der Waals surface area contributed by atoms with Crippen LogP contribution in [0.25, 0.3) is 0 Å². The van der Waals surface area contributed by atoms with E-state index in [0.717, 1.165) is 64.7 Å². The Bertz CT molecular complexity index is 630. The number of nitrogens with one attached hydrogen (secondary N) is 1. The number of nitrogens with zero attached hydrogens (tertiary/aromatic N) is 2. The molecule has 2 aliphatic heterocycles. The minimum absolute atomic E-state index is 0. The van der Waals surface area contributed by atoms with Crippen LogP contribution in [0.15, 0.2) is 29.3 Å². The second kappa shape index (κ2) is 14.2. The summed E-state index contributed by atoms with van der Waals surface area (Å²) in [5, 5.41) is 3.53. The minimum atomic E-state index is 0. The first-order valence-electron chi connectivity index (χ1n) is 11.1. The number of hydrogen-bond acceptors (Lipinski definition) is 4. The highest BCUT2D eigenvalue weighted by Gasteiger charge is 2.23. The fourth-order valence-corrected chi connectivity index (χ4v) is 4.01. The van der Waals surface area contributed by atoms with Crippen LogP contribution >= 0.6 is 24.0 Å². The van der Waals surface area contributed by atoms with Gasteiger partial charge in [0.2, 0.25) is 0 Å². The van der Waals surface area contributed by atoms with Crippen molar-refractivity contribution in [1.29, 1.82) is 0 Å². The van der Waals surface area contributed by atoms with Gasteiger partial charge in [-0.2, -0.15) is 0 Å². The van der Waals surface area contributed by atoms with Gasteiger partial charge >= 0.3 is 0 Å². The van der Waals surface area contributed by atoms with E-state index in [4.69, 9.17) is 14.2 Å². The zero-order chi connectivity index (χ0) is 20.3. The van der Waals surface area contributed by atoms with E-state index >= 15 is 0 Å². The average Bonchev–Trinajstić information content (AvgIpc) is 2.79. The molecule has 0 aliphatic carbocycles. The fourth-order valence-electron chi connectivity index (χ4n) is 4.01. The van der Waals surface area contributed by atoms with E-state index in [9.17, 15) is 0 Å². The maximum Gasteiger partial charge on any atom is 0.193 e. The number of aliphatic imine (C=N–C) groups is 1. The summed E-state index contributed by atoms with van der Waals surface area (Å²) in [6.45, 7) is 7.74. The maximum atomic E-state index is 6.14. The number of guanidine groups is 1. The largest absolute Gasteiger partial charge is 0.377 e. The number of ether oxygens (including phenoxy) is 3. The predicted octanol–water partition coefficient (Wildman–Crippen LogP) is 3.97. The second-order valence-electron chi connectivity index (χ2n) is 7.81. The van der Waals surface area contributed by atoms with Crippen LogP contribution in [0.3, 0.4) is 0 Å². The normalized spacial score (nSPS) is 20.7. The fraction of sp³-hybridized carbons (Fsp3) is 0.696. The monoisotopic (exact) mass is 531 g/mol. The summed E-state index contributed by atoms with van der Waals surface area (Å²) in [7, 11) is 1.86. The van der Waals surface area contributed by atoms with Crippen LogP contribution < -0.4 is 5.32 Å². The lowest BCUT2D eigenvalue weighted by molar-refractivity contribution is -0.0721. The van der Waals surface area contributed by atoms with Gasteiger partial charge in [-0.15, -0.1) is 24.0 Å².